The minimum absolute atomic E-state index is 0.879. The van der Waals surface area contributed by atoms with Crippen LogP contribution in [0, 0.1) is 11.8 Å². The Morgan fingerprint density at radius 1 is 1.17 bits per heavy atom. The van der Waals surface area contributed by atoms with Crippen LogP contribution < -0.4 is 0 Å². The van der Waals surface area contributed by atoms with Crippen LogP contribution in [0.1, 0.15) is 33.6 Å². The van der Waals surface area contributed by atoms with Crippen molar-refractivity contribution in [1.29, 1.82) is 0 Å². The first kappa shape index (κ1) is 13.7. The largest absolute Gasteiger partial charge is 0.369 e. The molecule has 3 aliphatic rings. The summed E-state index contributed by atoms with van der Waals surface area (Å²) in [7, 11) is 2.21. The van der Waals surface area contributed by atoms with Crippen LogP contribution in [0.15, 0.2) is 23.4 Å². The Hall–Kier alpha value is -0.760. The second kappa shape index (κ2) is 5.92. The summed E-state index contributed by atoms with van der Waals surface area (Å²) >= 11 is 0. The molecule has 2 nitrogen and oxygen atoms in total. The molecule has 0 spiro atoms. The number of fused-ring (bicyclic) bond motifs is 1. The molecule has 18 heavy (non-hydrogen) atoms. The molecule has 1 saturated heterocycles. The molecule has 0 radical (unpaired) electrons. The van der Waals surface area contributed by atoms with Crippen LogP contribution in [0.5, 0.6) is 0 Å². The van der Waals surface area contributed by atoms with Gasteiger partial charge in [0.15, 0.2) is 0 Å². The van der Waals surface area contributed by atoms with Gasteiger partial charge >= 0.3 is 0 Å². The predicted molar refractivity (Wildman–Crippen MR) is 78.5 cm³/mol. The molecular formula is C16H28N2. The summed E-state index contributed by atoms with van der Waals surface area (Å²) in [4.78, 5) is 4.97. The van der Waals surface area contributed by atoms with E-state index in [4.69, 9.17) is 0 Å². The van der Waals surface area contributed by atoms with Crippen LogP contribution in [0.4, 0.5) is 0 Å². The van der Waals surface area contributed by atoms with Crippen molar-refractivity contribution < 1.29 is 0 Å². The smallest absolute Gasteiger partial charge is 0.0329 e. The van der Waals surface area contributed by atoms with E-state index in [0.29, 0.717) is 0 Å². The zero-order chi connectivity index (χ0) is 13.1. The standard InChI is InChI=1S/C13H20N2.C3H8/c1-10-7-12(8-11-9-13(10)11)15-5-3-14(2)4-6-15;1-3-2/h7-8,11,13H,3-6,9H2,1-2H3;3H2,1-2H3. The lowest BCUT2D eigenvalue weighted by atomic mass is 10.0. The van der Waals surface area contributed by atoms with Crippen molar-refractivity contribution in [2.24, 2.45) is 11.8 Å². The maximum Gasteiger partial charge on any atom is 0.0329 e. The van der Waals surface area contributed by atoms with Gasteiger partial charge in [-0.3, -0.25) is 0 Å². The second-order valence-corrected chi connectivity index (χ2v) is 5.98. The molecule has 2 unspecified atom stereocenters. The second-order valence-electron chi connectivity index (χ2n) is 5.98. The predicted octanol–water partition coefficient (Wildman–Crippen LogP) is 3.13. The van der Waals surface area contributed by atoms with Gasteiger partial charge in [0.1, 0.15) is 0 Å². The SMILES string of the molecule is CC1=CC(N2CCN(C)CC2)=CC2CC12.CCC. The van der Waals surface area contributed by atoms with Crippen molar-refractivity contribution in [3.63, 3.8) is 0 Å². The number of hydrogen-bond acceptors (Lipinski definition) is 2. The molecule has 0 aromatic carbocycles. The van der Waals surface area contributed by atoms with E-state index in [1.54, 1.807) is 5.57 Å². The van der Waals surface area contributed by atoms with Gasteiger partial charge in [-0.1, -0.05) is 31.9 Å². The number of piperazine rings is 1. The number of allylic oxidation sites excluding steroid dienone is 3. The highest BCUT2D eigenvalue weighted by Gasteiger charge is 2.39. The number of nitrogens with zero attached hydrogens (tertiary/aromatic N) is 2. The molecule has 102 valence electrons. The highest BCUT2D eigenvalue weighted by Crippen LogP contribution is 2.48. The molecule has 2 atom stereocenters. The zero-order valence-corrected chi connectivity index (χ0v) is 12.4. The first-order valence-electron chi connectivity index (χ1n) is 7.49. The summed E-state index contributed by atoms with van der Waals surface area (Å²) < 4.78 is 0. The average molecular weight is 248 g/mol. The van der Waals surface area contributed by atoms with Crippen molar-refractivity contribution in [2.45, 2.75) is 33.6 Å². The van der Waals surface area contributed by atoms with Crippen molar-refractivity contribution >= 4 is 0 Å². The van der Waals surface area contributed by atoms with E-state index in [-0.39, 0.29) is 0 Å². The molecule has 2 heteroatoms. The molecule has 0 N–H and O–H groups in total. The Morgan fingerprint density at radius 3 is 2.33 bits per heavy atom. The normalized spacial score (nSPS) is 30.8. The van der Waals surface area contributed by atoms with E-state index in [9.17, 15) is 0 Å². The van der Waals surface area contributed by atoms with Gasteiger partial charge in [-0.15, -0.1) is 0 Å². The Balaban J connectivity index is 0.000000367. The van der Waals surface area contributed by atoms with Crippen LogP contribution in [0.25, 0.3) is 0 Å². The monoisotopic (exact) mass is 248 g/mol. The molecule has 1 aliphatic heterocycles. The van der Waals surface area contributed by atoms with Crippen molar-refractivity contribution in [3.8, 4) is 0 Å². The number of rotatable bonds is 1. The van der Waals surface area contributed by atoms with Gasteiger partial charge in [-0.25, -0.2) is 0 Å². The van der Waals surface area contributed by atoms with Gasteiger partial charge < -0.3 is 9.80 Å². The Bertz CT molecular complexity index is 335. The fourth-order valence-electron chi connectivity index (χ4n) is 2.79. The van der Waals surface area contributed by atoms with Gasteiger partial charge in [0.25, 0.3) is 0 Å². The van der Waals surface area contributed by atoms with Gasteiger partial charge in [0.2, 0.25) is 0 Å². The van der Waals surface area contributed by atoms with Crippen LogP contribution in [-0.4, -0.2) is 43.0 Å². The van der Waals surface area contributed by atoms with Crippen molar-refractivity contribution in [3.05, 3.63) is 23.4 Å². The van der Waals surface area contributed by atoms with Gasteiger partial charge in [-0.2, -0.15) is 0 Å². The molecule has 1 saturated carbocycles. The lowest BCUT2D eigenvalue weighted by Crippen LogP contribution is -2.43. The minimum atomic E-state index is 0.879. The summed E-state index contributed by atoms with van der Waals surface area (Å²) in [6.07, 6.45) is 7.57. The quantitative estimate of drug-likeness (QED) is 0.703. The Labute approximate surface area is 112 Å². The van der Waals surface area contributed by atoms with Crippen molar-refractivity contribution in [1.82, 2.24) is 9.80 Å². The Morgan fingerprint density at radius 2 is 1.78 bits per heavy atom. The summed E-state index contributed by atoms with van der Waals surface area (Å²) in [5, 5.41) is 0. The van der Waals surface area contributed by atoms with Gasteiger partial charge in [0.05, 0.1) is 0 Å². The molecule has 0 aromatic heterocycles. The first-order valence-corrected chi connectivity index (χ1v) is 7.49. The summed E-state index contributed by atoms with van der Waals surface area (Å²) in [6.45, 7) is 11.4. The number of hydrogen-bond donors (Lipinski definition) is 0. The Kier molecular flexibility index (Phi) is 4.50. The van der Waals surface area contributed by atoms with E-state index >= 15 is 0 Å². The third kappa shape index (κ3) is 3.17. The van der Waals surface area contributed by atoms with Crippen LogP contribution >= 0.6 is 0 Å². The topological polar surface area (TPSA) is 6.48 Å². The van der Waals surface area contributed by atoms with E-state index in [0.717, 1.165) is 11.8 Å². The molecule has 0 bridgehead atoms. The molecule has 2 fully saturated rings. The van der Waals surface area contributed by atoms with Crippen molar-refractivity contribution in [2.75, 3.05) is 33.2 Å². The minimum Gasteiger partial charge on any atom is -0.369 e. The summed E-state index contributed by atoms with van der Waals surface area (Å²) in [5.41, 5.74) is 3.11. The van der Waals surface area contributed by atoms with Gasteiger partial charge in [0, 0.05) is 31.9 Å². The van der Waals surface area contributed by atoms with Gasteiger partial charge in [-0.05, 0) is 38.3 Å². The van der Waals surface area contributed by atoms with E-state index in [1.165, 1.54) is 44.7 Å². The fraction of sp³-hybridized carbons (Fsp3) is 0.750. The zero-order valence-electron chi connectivity index (χ0n) is 12.4. The number of likely N-dealkylation sites (N-methyl/N-ethyl adjacent to an activating group) is 1. The van der Waals surface area contributed by atoms with Crippen LogP contribution in [0.2, 0.25) is 0 Å². The molecular weight excluding hydrogens is 220 g/mol. The maximum absolute atomic E-state index is 2.55. The van der Waals surface area contributed by atoms with E-state index in [2.05, 4.69) is 49.8 Å². The highest BCUT2D eigenvalue weighted by atomic mass is 15.2. The molecule has 0 amide bonds. The lowest BCUT2D eigenvalue weighted by Gasteiger charge is -2.35. The molecule has 0 aromatic rings. The lowest BCUT2D eigenvalue weighted by molar-refractivity contribution is 0.189. The molecule has 3 rings (SSSR count). The first-order chi connectivity index (χ1) is 8.65. The van der Waals surface area contributed by atoms with Crippen LogP contribution in [0.3, 0.4) is 0 Å². The van der Waals surface area contributed by atoms with Crippen LogP contribution in [-0.2, 0) is 0 Å². The average Bonchev–Trinajstić information content (AvgIpc) is 3.11. The van der Waals surface area contributed by atoms with E-state index in [1.807, 2.05) is 0 Å². The maximum atomic E-state index is 2.55. The highest BCUT2D eigenvalue weighted by molar-refractivity contribution is 5.35. The third-order valence-corrected chi connectivity index (χ3v) is 4.05. The summed E-state index contributed by atoms with van der Waals surface area (Å²) in [6, 6.07) is 0. The summed E-state index contributed by atoms with van der Waals surface area (Å²) in [5.74, 6) is 1.78. The fourth-order valence-corrected chi connectivity index (χ4v) is 2.79. The third-order valence-electron chi connectivity index (χ3n) is 4.05. The molecule has 2 aliphatic carbocycles. The van der Waals surface area contributed by atoms with E-state index < -0.39 is 0 Å². The molecule has 1 heterocycles.